The lowest BCUT2D eigenvalue weighted by atomic mass is 10.2. The van der Waals surface area contributed by atoms with Gasteiger partial charge in [0.05, 0.1) is 4.99 Å². The van der Waals surface area contributed by atoms with Crippen molar-refractivity contribution < 1.29 is 8.42 Å². The second kappa shape index (κ2) is 5.02. The molecule has 0 radical (unpaired) electrons. The molecule has 1 heterocycles. The molecule has 4 nitrogen and oxygen atoms in total. The summed E-state index contributed by atoms with van der Waals surface area (Å²) in [5.74, 6) is -0.144. The zero-order valence-corrected chi connectivity index (χ0v) is 10.6. The number of thiocarbonyl (C=S) groups is 1. The van der Waals surface area contributed by atoms with Gasteiger partial charge < -0.3 is 5.73 Å². The normalized spacial score (nSPS) is 13.7. The third-order valence-corrected chi connectivity index (χ3v) is 5.05. The highest BCUT2D eigenvalue weighted by Gasteiger charge is 2.16. The minimum Gasteiger partial charge on any atom is -0.393 e. The number of sulfonamides is 1. The molecule has 1 unspecified atom stereocenters. The highest BCUT2D eigenvalue weighted by atomic mass is 32.2. The fourth-order valence-electron chi connectivity index (χ4n) is 0.823. The van der Waals surface area contributed by atoms with Crippen molar-refractivity contribution in [3.63, 3.8) is 0 Å². The first-order chi connectivity index (χ1) is 6.93. The molecule has 15 heavy (non-hydrogen) atoms. The van der Waals surface area contributed by atoms with Gasteiger partial charge in [-0.05, 0) is 11.4 Å². The van der Waals surface area contributed by atoms with Crippen LogP contribution < -0.4 is 10.5 Å². The predicted octanol–water partition coefficient (Wildman–Crippen LogP) is 0.949. The van der Waals surface area contributed by atoms with E-state index in [1.807, 2.05) is 0 Å². The van der Waals surface area contributed by atoms with Gasteiger partial charge in [0, 0.05) is 12.5 Å². The van der Waals surface area contributed by atoms with Crippen molar-refractivity contribution in [2.45, 2.75) is 11.1 Å². The Morgan fingerprint density at radius 3 is 2.87 bits per heavy atom. The van der Waals surface area contributed by atoms with Crippen LogP contribution in [0.2, 0.25) is 0 Å². The molecule has 1 aromatic rings. The van der Waals surface area contributed by atoms with Gasteiger partial charge in [-0.1, -0.05) is 25.2 Å². The first kappa shape index (κ1) is 12.6. The van der Waals surface area contributed by atoms with Gasteiger partial charge in [0.2, 0.25) is 10.0 Å². The Morgan fingerprint density at radius 1 is 1.73 bits per heavy atom. The third-order valence-electron chi connectivity index (χ3n) is 1.83. The molecule has 1 rings (SSSR count). The summed E-state index contributed by atoms with van der Waals surface area (Å²) in [6.45, 7) is 2.01. The number of nitrogens with two attached hydrogens (primary N) is 1. The van der Waals surface area contributed by atoms with Gasteiger partial charge in [-0.15, -0.1) is 11.3 Å². The Bertz CT molecular complexity index is 425. The monoisotopic (exact) mass is 264 g/mol. The van der Waals surface area contributed by atoms with E-state index in [9.17, 15) is 8.42 Å². The molecule has 0 amide bonds. The summed E-state index contributed by atoms with van der Waals surface area (Å²) in [6.07, 6.45) is 0. The number of hydrogen-bond donors (Lipinski definition) is 2. The van der Waals surface area contributed by atoms with Crippen molar-refractivity contribution in [3.05, 3.63) is 17.5 Å². The summed E-state index contributed by atoms with van der Waals surface area (Å²) in [6, 6.07) is 3.24. The van der Waals surface area contributed by atoms with Gasteiger partial charge in [-0.3, -0.25) is 0 Å². The van der Waals surface area contributed by atoms with Crippen molar-refractivity contribution in [2.75, 3.05) is 6.54 Å². The zero-order chi connectivity index (χ0) is 11.5. The Balaban J connectivity index is 2.63. The summed E-state index contributed by atoms with van der Waals surface area (Å²) >= 11 is 5.93. The Kier molecular flexibility index (Phi) is 4.21. The van der Waals surface area contributed by atoms with E-state index >= 15 is 0 Å². The Hall–Kier alpha value is -0.500. The SMILES string of the molecule is CC(CNS(=O)(=O)c1cccs1)C(N)=S. The first-order valence-electron chi connectivity index (χ1n) is 4.26. The lowest BCUT2D eigenvalue weighted by Gasteiger charge is -2.10. The second-order valence-corrected chi connectivity index (χ2v) is 6.50. The maximum absolute atomic E-state index is 11.6. The molecular weight excluding hydrogens is 252 g/mol. The van der Waals surface area contributed by atoms with E-state index in [2.05, 4.69) is 4.72 Å². The van der Waals surface area contributed by atoms with Crippen LogP contribution in [-0.2, 0) is 10.0 Å². The van der Waals surface area contributed by atoms with E-state index in [1.165, 1.54) is 11.3 Å². The molecule has 0 spiro atoms. The van der Waals surface area contributed by atoms with Gasteiger partial charge in [0.15, 0.2) is 0 Å². The average molecular weight is 264 g/mol. The van der Waals surface area contributed by atoms with Gasteiger partial charge >= 0.3 is 0 Å². The maximum atomic E-state index is 11.6. The maximum Gasteiger partial charge on any atom is 0.250 e. The standard InChI is InChI=1S/C8H12N2O2S3/c1-6(8(9)13)5-10-15(11,12)7-3-2-4-14-7/h2-4,6,10H,5H2,1H3,(H2,9,13). The van der Waals surface area contributed by atoms with Crippen molar-refractivity contribution >= 4 is 38.6 Å². The first-order valence-corrected chi connectivity index (χ1v) is 7.03. The van der Waals surface area contributed by atoms with Gasteiger partial charge in [0.1, 0.15) is 4.21 Å². The fourth-order valence-corrected chi connectivity index (χ4v) is 3.07. The number of rotatable bonds is 5. The zero-order valence-electron chi connectivity index (χ0n) is 8.14. The van der Waals surface area contributed by atoms with Crippen LogP contribution in [0.15, 0.2) is 21.7 Å². The molecule has 7 heteroatoms. The molecule has 0 aromatic carbocycles. The van der Waals surface area contributed by atoms with E-state index in [0.717, 1.165) is 0 Å². The molecule has 0 aliphatic rings. The second-order valence-electron chi connectivity index (χ2n) is 3.09. The Morgan fingerprint density at radius 2 is 2.40 bits per heavy atom. The average Bonchev–Trinajstić information content (AvgIpc) is 2.67. The van der Waals surface area contributed by atoms with E-state index in [-0.39, 0.29) is 12.5 Å². The summed E-state index contributed by atoms with van der Waals surface area (Å²) in [4.78, 5) is 0.309. The van der Waals surface area contributed by atoms with Crippen molar-refractivity contribution in [2.24, 2.45) is 11.7 Å². The van der Waals surface area contributed by atoms with Crippen LogP contribution in [0.3, 0.4) is 0 Å². The van der Waals surface area contributed by atoms with Gasteiger partial charge in [-0.25, -0.2) is 13.1 Å². The minimum absolute atomic E-state index is 0.144. The van der Waals surface area contributed by atoms with E-state index in [1.54, 1.807) is 24.4 Å². The number of hydrogen-bond acceptors (Lipinski definition) is 4. The predicted molar refractivity (Wildman–Crippen MR) is 65.5 cm³/mol. The largest absolute Gasteiger partial charge is 0.393 e. The van der Waals surface area contributed by atoms with Crippen molar-refractivity contribution in [3.8, 4) is 0 Å². The third kappa shape index (κ3) is 3.53. The molecule has 0 saturated carbocycles. The molecule has 0 saturated heterocycles. The van der Waals surface area contributed by atoms with Crippen molar-refractivity contribution in [1.29, 1.82) is 0 Å². The van der Waals surface area contributed by atoms with Crippen LogP contribution in [0.5, 0.6) is 0 Å². The highest BCUT2D eigenvalue weighted by Crippen LogP contribution is 2.15. The number of thiophene rings is 1. The highest BCUT2D eigenvalue weighted by molar-refractivity contribution is 7.91. The van der Waals surface area contributed by atoms with Gasteiger partial charge in [0.25, 0.3) is 0 Å². The van der Waals surface area contributed by atoms with E-state index in [0.29, 0.717) is 9.20 Å². The molecule has 0 fully saturated rings. The van der Waals surface area contributed by atoms with Gasteiger partial charge in [-0.2, -0.15) is 0 Å². The van der Waals surface area contributed by atoms with Crippen LogP contribution in [0.25, 0.3) is 0 Å². The molecular formula is C8H12N2O2S3. The molecule has 1 atom stereocenters. The van der Waals surface area contributed by atoms with E-state index in [4.69, 9.17) is 18.0 Å². The summed E-state index contributed by atoms with van der Waals surface area (Å²) < 4.78 is 26.0. The lowest BCUT2D eigenvalue weighted by Crippen LogP contribution is -2.33. The summed E-state index contributed by atoms with van der Waals surface area (Å²) in [5.41, 5.74) is 5.38. The fraction of sp³-hybridized carbons (Fsp3) is 0.375. The smallest absolute Gasteiger partial charge is 0.250 e. The van der Waals surface area contributed by atoms with Crippen LogP contribution in [0, 0.1) is 5.92 Å². The number of nitrogens with one attached hydrogen (secondary N) is 1. The summed E-state index contributed by atoms with van der Waals surface area (Å²) in [7, 11) is -3.39. The van der Waals surface area contributed by atoms with Crippen molar-refractivity contribution in [1.82, 2.24) is 4.72 Å². The molecule has 3 N–H and O–H groups in total. The molecule has 0 aliphatic heterocycles. The van der Waals surface area contributed by atoms with E-state index < -0.39 is 10.0 Å². The molecule has 1 aromatic heterocycles. The lowest BCUT2D eigenvalue weighted by molar-refractivity contribution is 0.577. The Labute approximate surface area is 98.5 Å². The quantitative estimate of drug-likeness (QED) is 0.777. The molecule has 84 valence electrons. The van der Waals surface area contributed by atoms with Crippen LogP contribution in [-0.4, -0.2) is 20.0 Å². The molecule has 0 aliphatic carbocycles. The molecule has 0 bridgehead atoms. The summed E-state index contributed by atoms with van der Waals surface area (Å²) in [5, 5.41) is 1.71. The minimum atomic E-state index is -3.39. The van der Waals surface area contributed by atoms with Crippen LogP contribution in [0.4, 0.5) is 0 Å². The topological polar surface area (TPSA) is 72.2 Å². The van der Waals surface area contributed by atoms with Crippen LogP contribution in [0.1, 0.15) is 6.92 Å². The van der Waals surface area contributed by atoms with Crippen LogP contribution >= 0.6 is 23.6 Å².